The van der Waals surface area contributed by atoms with Gasteiger partial charge in [0.05, 0.1) is 0 Å². The average molecular weight is 449 g/mol. The molecule has 0 heterocycles. The maximum absolute atomic E-state index is 11.6. The SMILES string of the molecule is CCCCCCCc1ccc(CCCCCCC)c(OC(CCC)S(=O)(=O)[O-])c1.[Na+]. The Kier molecular flexibility index (Phi) is 17.4. The number of hydrogen-bond acceptors (Lipinski definition) is 4. The molecule has 1 rings (SSSR count). The summed E-state index contributed by atoms with van der Waals surface area (Å²) >= 11 is 0. The molecule has 1 aromatic carbocycles. The summed E-state index contributed by atoms with van der Waals surface area (Å²) < 4.78 is 40.8. The average Bonchev–Trinajstić information content (AvgIpc) is 2.68. The van der Waals surface area contributed by atoms with Gasteiger partial charge < -0.3 is 9.29 Å². The van der Waals surface area contributed by atoms with Crippen LogP contribution in [-0.2, 0) is 23.0 Å². The fraction of sp³-hybridized carbons (Fsp3) is 0.750. The van der Waals surface area contributed by atoms with Crippen LogP contribution in [0.2, 0.25) is 0 Å². The molecular weight excluding hydrogens is 407 g/mol. The minimum Gasteiger partial charge on any atom is -0.745 e. The Bertz CT molecular complexity index is 661. The summed E-state index contributed by atoms with van der Waals surface area (Å²) in [5.74, 6) is 0.587. The predicted molar refractivity (Wildman–Crippen MR) is 120 cm³/mol. The van der Waals surface area contributed by atoms with Crippen LogP contribution in [0.1, 0.15) is 109 Å². The molecule has 0 amide bonds. The van der Waals surface area contributed by atoms with E-state index >= 15 is 0 Å². The molecule has 0 N–H and O–H groups in total. The van der Waals surface area contributed by atoms with Gasteiger partial charge in [0, 0.05) is 0 Å². The van der Waals surface area contributed by atoms with Crippen molar-refractivity contribution in [3.63, 3.8) is 0 Å². The topological polar surface area (TPSA) is 66.4 Å². The van der Waals surface area contributed by atoms with Crippen molar-refractivity contribution < 1.29 is 47.3 Å². The van der Waals surface area contributed by atoms with Crippen LogP contribution in [0.3, 0.4) is 0 Å². The largest absolute Gasteiger partial charge is 1.00 e. The van der Waals surface area contributed by atoms with Gasteiger partial charge in [-0.25, -0.2) is 8.42 Å². The third-order valence-corrected chi connectivity index (χ3v) is 6.33. The predicted octanol–water partition coefficient (Wildman–Crippen LogP) is 3.77. The van der Waals surface area contributed by atoms with Gasteiger partial charge in [0.2, 0.25) is 0 Å². The Labute approximate surface area is 207 Å². The maximum atomic E-state index is 11.6. The molecule has 0 spiro atoms. The summed E-state index contributed by atoms with van der Waals surface area (Å²) in [5, 5.41) is 0. The van der Waals surface area contributed by atoms with Gasteiger partial charge in [0.15, 0.2) is 5.44 Å². The van der Waals surface area contributed by atoms with Crippen LogP contribution in [0.25, 0.3) is 0 Å². The number of rotatable bonds is 17. The Hall–Kier alpha value is -0.0700. The van der Waals surface area contributed by atoms with Crippen molar-refractivity contribution in [1.29, 1.82) is 0 Å². The molecule has 0 saturated carbocycles. The van der Waals surface area contributed by atoms with Gasteiger partial charge in [-0.3, -0.25) is 0 Å². The van der Waals surface area contributed by atoms with E-state index in [1.165, 1.54) is 44.9 Å². The van der Waals surface area contributed by atoms with Crippen molar-refractivity contribution >= 4 is 10.1 Å². The smallest absolute Gasteiger partial charge is 0.745 e. The van der Waals surface area contributed by atoms with E-state index in [0.29, 0.717) is 12.2 Å². The maximum Gasteiger partial charge on any atom is 1.00 e. The van der Waals surface area contributed by atoms with Crippen molar-refractivity contribution in [2.45, 2.75) is 116 Å². The Morgan fingerprint density at radius 2 is 1.40 bits per heavy atom. The normalized spacial score (nSPS) is 12.4. The number of benzene rings is 1. The second-order valence-electron chi connectivity index (χ2n) is 8.10. The number of ether oxygens (including phenoxy) is 1. The number of unbranched alkanes of at least 4 members (excludes halogenated alkanes) is 8. The van der Waals surface area contributed by atoms with Crippen molar-refractivity contribution in [2.75, 3.05) is 0 Å². The Morgan fingerprint density at radius 1 is 0.833 bits per heavy atom. The standard InChI is InChI=1S/C24H42O4S.Na/c1-4-7-9-11-13-16-21-18-19-22(17-14-12-10-8-5-2)23(20-21)28-24(15-6-3)29(25,26)27;/h18-20,24H,4-17H2,1-3H3,(H,25,26,27);/q;+1/p-1. The summed E-state index contributed by atoms with van der Waals surface area (Å²) in [6.07, 6.45) is 14.6. The van der Waals surface area contributed by atoms with E-state index < -0.39 is 15.6 Å². The van der Waals surface area contributed by atoms with Gasteiger partial charge in [-0.2, -0.15) is 0 Å². The minimum absolute atomic E-state index is 0. The van der Waals surface area contributed by atoms with E-state index in [1.807, 2.05) is 13.0 Å². The summed E-state index contributed by atoms with van der Waals surface area (Å²) in [7, 11) is -4.49. The van der Waals surface area contributed by atoms with E-state index in [-0.39, 0.29) is 36.0 Å². The Morgan fingerprint density at radius 3 is 1.93 bits per heavy atom. The van der Waals surface area contributed by atoms with Gasteiger partial charge in [-0.05, 0) is 49.3 Å². The zero-order valence-electron chi connectivity index (χ0n) is 19.8. The van der Waals surface area contributed by atoms with Crippen LogP contribution < -0.4 is 34.3 Å². The van der Waals surface area contributed by atoms with E-state index in [2.05, 4.69) is 26.0 Å². The van der Waals surface area contributed by atoms with E-state index in [4.69, 9.17) is 4.74 Å². The number of aryl methyl sites for hydroxylation is 2. The second kappa shape index (κ2) is 17.5. The third kappa shape index (κ3) is 12.7. The fourth-order valence-corrected chi connectivity index (χ4v) is 4.31. The molecule has 1 atom stereocenters. The molecule has 1 unspecified atom stereocenters. The summed E-state index contributed by atoms with van der Waals surface area (Å²) in [6, 6.07) is 6.17. The Balaban J connectivity index is 0.00000841. The van der Waals surface area contributed by atoms with Gasteiger partial charge in [0.1, 0.15) is 15.9 Å². The van der Waals surface area contributed by atoms with Crippen LogP contribution >= 0.6 is 0 Å². The molecule has 0 fully saturated rings. The van der Waals surface area contributed by atoms with Gasteiger partial charge in [0.25, 0.3) is 0 Å². The molecule has 0 aliphatic rings. The molecule has 4 nitrogen and oxygen atoms in total. The molecule has 0 aromatic heterocycles. The zero-order chi connectivity index (χ0) is 21.5. The third-order valence-electron chi connectivity index (χ3n) is 5.36. The summed E-state index contributed by atoms with van der Waals surface area (Å²) in [5.41, 5.74) is 0.872. The van der Waals surface area contributed by atoms with E-state index in [0.717, 1.165) is 43.2 Å². The van der Waals surface area contributed by atoms with E-state index in [1.54, 1.807) is 0 Å². The fourth-order valence-electron chi connectivity index (χ4n) is 3.56. The van der Waals surface area contributed by atoms with Gasteiger partial charge >= 0.3 is 29.6 Å². The molecule has 0 saturated heterocycles. The first-order valence-electron chi connectivity index (χ1n) is 11.7. The second-order valence-corrected chi connectivity index (χ2v) is 9.61. The van der Waals surface area contributed by atoms with Crippen molar-refractivity contribution in [3.8, 4) is 5.75 Å². The van der Waals surface area contributed by atoms with Crippen LogP contribution in [0.15, 0.2) is 18.2 Å². The molecule has 1 aromatic rings. The first-order valence-corrected chi connectivity index (χ1v) is 13.1. The van der Waals surface area contributed by atoms with Crippen molar-refractivity contribution in [1.82, 2.24) is 0 Å². The van der Waals surface area contributed by atoms with Crippen LogP contribution in [0.4, 0.5) is 0 Å². The van der Waals surface area contributed by atoms with Gasteiger partial charge in [-0.15, -0.1) is 0 Å². The minimum atomic E-state index is -4.49. The monoisotopic (exact) mass is 448 g/mol. The molecule has 0 radical (unpaired) electrons. The first-order chi connectivity index (χ1) is 13.9. The van der Waals surface area contributed by atoms with Crippen LogP contribution in [0.5, 0.6) is 5.75 Å². The molecule has 0 aliphatic carbocycles. The van der Waals surface area contributed by atoms with Crippen LogP contribution in [0, 0.1) is 0 Å². The molecule has 168 valence electrons. The van der Waals surface area contributed by atoms with Gasteiger partial charge in [-0.1, -0.05) is 90.7 Å². The van der Waals surface area contributed by atoms with Crippen molar-refractivity contribution in [3.05, 3.63) is 29.3 Å². The summed E-state index contributed by atoms with van der Waals surface area (Å²) in [6.45, 7) is 6.27. The quantitative estimate of drug-likeness (QED) is 0.207. The number of hydrogen-bond donors (Lipinski definition) is 0. The van der Waals surface area contributed by atoms with Crippen LogP contribution in [-0.4, -0.2) is 18.4 Å². The molecule has 0 bridgehead atoms. The van der Waals surface area contributed by atoms with Crippen molar-refractivity contribution in [2.24, 2.45) is 0 Å². The molecule has 6 heteroatoms. The summed E-state index contributed by atoms with van der Waals surface area (Å²) in [4.78, 5) is 0. The molecular formula is C24H41NaO4S. The van der Waals surface area contributed by atoms with E-state index in [9.17, 15) is 13.0 Å². The molecule has 30 heavy (non-hydrogen) atoms. The first kappa shape index (κ1) is 29.9. The zero-order valence-corrected chi connectivity index (χ0v) is 22.6. The molecule has 0 aliphatic heterocycles.